The van der Waals surface area contributed by atoms with E-state index >= 15 is 0 Å². The van der Waals surface area contributed by atoms with Crippen molar-refractivity contribution in [3.05, 3.63) is 0 Å². The van der Waals surface area contributed by atoms with Gasteiger partial charge in [-0.15, -0.1) is 0 Å². The number of Topliss-reactive ketones (excluding diaryl/α,β-unsaturated/α-hetero) is 1. The van der Waals surface area contributed by atoms with Gasteiger partial charge in [0, 0.05) is 0 Å². The number of hydrogen-bond acceptors (Lipinski definition) is 2. The summed E-state index contributed by atoms with van der Waals surface area (Å²) in [5, 5.41) is 0. The molecule has 0 rings (SSSR count). The Labute approximate surface area is 50.4 Å². The van der Waals surface area contributed by atoms with Crippen molar-refractivity contribution >= 4 is 13.4 Å². The van der Waals surface area contributed by atoms with Gasteiger partial charge in [-0.2, -0.15) is 0 Å². The molecule has 0 radical (unpaired) electrons. The molecule has 0 saturated carbocycles. The first-order valence-corrected chi connectivity index (χ1v) is 2.63. The van der Waals surface area contributed by atoms with Crippen molar-refractivity contribution in [1.29, 1.82) is 0 Å². The Morgan fingerprint density at radius 3 is 2.38 bits per heavy atom. The first-order chi connectivity index (χ1) is 3.68. The standard InChI is InChI=1S/C5H10BNO/c1-4(2)5(8)3-7-6/h4,6H,3H2,1-2H3. The summed E-state index contributed by atoms with van der Waals surface area (Å²) in [6.45, 7) is 3.97. The summed E-state index contributed by atoms with van der Waals surface area (Å²) in [5.74, 6) is 0.250. The second-order valence-corrected chi connectivity index (χ2v) is 2.00. The molecule has 0 unspecified atom stereocenters. The van der Waals surface area contributed by atoms with E-state index < -0.39 is 0 Å². The average Bonchev–Trinajstić information content (AvgIpc) is 1.67. The molecule has 0 atom stereocenters. The molecule has 0 N–H and O–H groups in total. The minimum atomic E-state index is 0.0977. The van der Waals surface area contributed by atoms with Crippen LogP contribution in [0.5, 0.6) is 0 Å². The predicted octanol–water partition coefficient (Wildman–Crippen LogP) is 0.296. The molecule has 8 heavy (non-hydrogen) atoms. The molecule has 0 fully saturated rings. The predicted molar refractivity (Wildman–Crippen MR) is 34.3 cm³/mol. The van der Waals surface area contributed by atoms with Crippen LogP contribution in [0.2, 0.25) is 0 Å². The summed E-state index contributed by atoms with van der Waals surface area (Å²) < 4.78 is 0. The molecule has 0 spiro atoms. The van der Waals surface area contributed by atoms with Crippen LogP contribution in [-0.4, -0.2) is 20.0 Å². The molecular formula is C5H10BNO. The van der Waals surface area contributed by atoms with Gasteiger partial charge in [0.05, 0.1) is 0 Å². The van der Waals surface area contributed by atoms with Crippen molar-refractivity contribution < 1.29 is 4.79 Å². The van der Waals surface area contributed by atoms with Crippen LogP contribution in [0.3, 0.4) is 0 Å². The summed E-state index contributed by atoms with van der Waals surface area (Å²) >= 11 is 0. The van der Waals surface area contributed by atoms with Crippen molar-refractivity contribution in [3.8, 4) is 0 Å². The number of ketones is 1. The van der Waals surface area contributed by atoms with Crippen LogP contribution < -0.4 is 0 Å². The third-order valence-corrected chi connectivity index (χ3v) is 0.912. The van der Waals surface area contributed by atoms with E-state index in [1.165, 1.54) is 0 Å². The third-order valence-electron chi connectivity index (χ3n) is 0.912. The van der Waals surface area contributed by atoms with Gasteiger partial charge in [0.2, 0.25) is 0 Å². The normalized spacial score (nSPS) is 9.25. The Hall–Kier alpha value is -0.465. The quantitative estimate of drug-likeness (QED) is 0.481. The van der Waals surface area contributed by atoms with E-state index in [4.69, 9.17) is 0 Å². The molecule has 0 aliphatic carbocycles. The summed E-state index contributed by atoms with van der Waals surface area (Å²) in [4.78, 5) is 14.1. The van der Waals surface area contributed by atoms with Crippen LogP contribution in [0.4, 0.5) is 0 Å². The average molecular weight is 111 g/mol. The van der Waals surface area contributed by atoms with Crippen molar-refractivity contribution in [3.63, 3.8) is 0 Å². The van der Waals surface area contributed by atoms with E-state index in [0.717, 1.165) is 0 Å². The van der Waals surface area contributed by atoms with Crippen LogP contribution >= 0.6 is 0 Å². The van der Waals surface area contributed by atoms with Gasteiger partial charge in [-0.3, -0.25) is 0 Å². The van der Waals surface area contributed by atoms with E-state index in [9.17, 15) is 4.79 Å². The molecule has 0 aromatic carbocycles. The topological polar surface area (TPSA) is 29.4 Å². The SMILES string of the molecule is B=NCC(=O)C(C)C. The maximum atomic E-state index is 10.6. The van der Waals surface area contributed by atoms with Crippen LogP contribution in [-0.2, 0) is 4.79 Å². The van der Waals surface area contributed by atoms with Crippen molar-refractivity contribution in [2.45, 2.75) is 13.8 Å². The van der Waals surface area contributed by atoms with E-state index in [1.807, 2.05) is 13.8 Å². The number of hydrogen-bond donors (Lipinski definition) is 0. The molecule has 0 aliphatic rings. The first kappa shape index (κ1) is 7.53. The number of carbonyl (C=O) groups is 1. The monoisotopic (exact) mass is 111 g/mol. The summed E-state index contributed by atoms with van der Waals surface area (Å²) in [7, 11) is 3.21. The molecule has 0 aromatic rings. The van der Waals surface area contributed by atoms with Gasteiger partial charge in [0.1, 0.15) is 0 Å². The molecular weight excluding hydrogens is 101 g/mol. The molecule has 3 heteroatoms. The Morgan fingerprint density at radius 2 is 2.25 bits per heavy atom. The first-order valence-electron chi connectivity index (χ1n) is 2.63. The Kier molecular flexibility index (Phi) is 3.32. The van der Waals surface area contributed by atoms with Gasteiger partial charge in [-0.1, -0.05) is 0 Å². The van der Waals surface area contributed by atoms with Gasteiger partial charge in [-0.05, 0) is 0 Å². The fraction of sp³-hybridized carbons (Fsp3) is 0.800. The molecule has 2 nitrogen and oxygen atoms in total. The number of carbonyl (C=O) groups excluding carboxylic acids is 1. The van der Waals surface area contributed by atoms with Gasteiger partial charge >= 0.3 is 49.4 Å². The van der Waals surface area contributed by atoms with E-state index in [0.29, 0.717) is 0 Å². The van der Waals surface area contributed by atoms with Crippen LogP contribution in [0.15, 0.2) is 4.90 Å². The van der Waals surface area contributed by atoms with Crippen LogP contribution in [0, 0.1) is 5.92 Å². The van der Waals surface area contributed by atoms with Crippen molar-refractivity contribution in [2.75, 3.05) is 6.54 Å². The number of rotatable bonds is 3. The Balaban J connectivity index is 3.48. The Morgan fingerprint density at radius 1 is 1.75 bits per heavy atom. The minimum absolute atomic E-state index is 0.0977. The maximum absolute atomic E-state index is 10.6. The summed E-state index contributed by atoms with van der Waals surface area (Å²) in [6, 6.07) is 0. The van der Waals surface area contributed by atoms with E-state index in [-0.39, 0.29) is 18.2 Å². The Bertz CT molecular complexity index is 101. The second kappa shape index (κ2) is 3.53. The zero-order chi connectivity index (χ0) is 6.57. The summed E-state index contributed by atoms with van der Waals surface area (Å²) in [6.07, 6.45) is 0. The summed E-state index contributed by atoms with van der Waals surface area (Å²) in [5.41, 5.74) is 0. The van der Waals surface area contributed by atoms with E-state index in [2.05, 4.69) is 12.5 Å². The second-order valence-electron chi connectivity index (χ2n) is 2.00. The van der Waals surface area contributed by atoms with Gasteiger partial charge in [0.25, 0.3) is 0 Å². The van der Waals surface area contributed by atoms with Gasteiger partial charge < -0.3 is 0 Å². The molecule has 0 saturated heterocycles. The molecule has 44 valence electrons. The molecule has 0 amide bonds. The third kappa shape index (κ3) is 2.67. The molecule has 0 bridgehead atoms. The number of nitrogens with zero attached hydrogens (tertiary/aromatic N) is 1. The molecule has 0 aromatic heterocycles. The van der Waals surface area contributed by atoms with Crippen molar-refractivity contribution in [2.24, 2.45) is 10.8 Å². The molecule has 0 heterocycles. The molecule has 0 aliphatic heterocycles. The van der Waals surface area contributed by atoms with E-state index in [1.54, 1.807) is 0 Å². The fourth-order valence-corrected chi connectivity index (χ4v) is 0.293. The van der Waals surface area contributed by atoms with Gasteiger partial charge in [0.15, 0.2) is 0 Å². The van der Waals surface area contributed by atoms with Gasteiger partial charge in [-0.25, -0.2) is 0 Å². The fourth-order valence-electron chi connectivity index (χ4n) is 0.293. The van der Waals surface area contributed by atoms with Crippen molar-refractivity contribution in [1.82, 2.24) is 0 Å². The zero-order valence-corrected chi connectivity index (χ0v) is 5.35. The zero-order valence-electron chi connectivity index (χ0n) is 5.35. The van der Waals surface area contributed by atoms with Crippen LogP contribution in [0.1, 0.15) is 13.8 Å². The van der Waals surface area contributed by atoms with Crippen LogP contribution in [0.25, 0.3) is 0 Å².